The number of piperidine rings is 2. The molecule has 3 nitrogen and oxygen atoms in total. The Labute approximate surface area is 105 Å². The number of likely N-dealkylation sites (tertiary alicyclic amines) is 1. The molecule has 2 heterocycles. The van der Waals surface area contributed by atoms with Crippen LogP contribution in [0.4, 0.5) is 0 Å². The Bertz CT molecular complexity index is 279. The van der Waals surface area contributed by atoms with Crippen molar-refractivity contribution in [2.24, 2.45) is 11.8 Å². The summed E-state index contributed by atoms with van der Waals surface area (Å²) in [7, 11) is 0. The van der Waals surface area contributed by atoms with Crippen LogP contribution in [-0.2, 0) is 4.79 Å². The first-order valence-electron chi connectivity index (χ1n) is 7.15. The molecule has 0 aromatic heterocycles. The van der Waals surface area contributed by atoms with Gasteiger partial charge in [0.05, 0.1) is 6.04 Å². The van der Waals surface area contributed by atoms with Crippen molar-refractivity contribution in [2.45, 2.75) is 58.5 Å². The molecule has 17 heavy (non-hydrogen) atoms. The van der Waals surface area contributed by atoms with Crippen molar-refractivity contribution in [2.75, 3.05) is 13.1 Å². The van der Waals surface area contributed by atoms with E-state index in [9.17, 15) is 4.79 Å². The summed E-state index contributed by atoms with van der Waals surface area (Å²) in [6.45, 7) is 8.62. The number of nitrogens with zero attached hydrogens (tertiary/aromatic N) is 1. The maximum Gasteiger partial charge on any atom is 0.240 e. The molecule has 2 rings (SSSR count). The van der Waals surface area contributed by atoms with Gasteiger partial charge < -0.3 is 10.2 Å². The van der Waals surface area contributed by atoms with Gasteiger partial charge in [-0.15, -0.1) is 0 Å². The van der Waals surface area contributed by atoms with Gasteiger partial charge in [-0.2, -0.15) is 0 Å². The molecule has 0 bridgehead atoms. The fourth-order valence-electron chi connectivity index (χ4n) is 3.21. The quantitative estimate of drug-likeness (QED) is 0.758. The molecule has 0 aromatic rings. The number of hydrogen-bond acceptors (Lipinski definition) is 2. The topological polar surface area (TPSA) is 32.3 Å². The van der Waals surface area contributed by atoms with Crippen molar-refractivity contribution in [3.8, 4) is 0 Å². The van der Waals surface area contributed by atoms with Gasteiger partial charge in [0.25, 0.3) is 0 Å². The van der Waals surface area contributed by atoms with Crippen LogP contribution >= 0.6 is 0 Å². The van der Waals surface area contributed by atoms with E-state index in [1.54, 1.807) is 0 Å². The zero-order valence-corrected chi connectivity index (χ0v) is 11.4. The van der Waals surface area contributed by atoms with E-state index >= 15 is 0 Å². The summed E-state index contributed by atoms with van der Waals surface area (Å²) in [5.74, 6) is 1.48. The molecule has 0 saturated carbocycles. The monoisotopic (exact) mass is 238 g/mol. The van der Waals surface area contributed by atoms with Gasteiger partial charge in [0.15, 0.2) is 0 Å². The number of nitrogens with one attached hydrogen (secondary N) is 1. The lowest BCUT2D eigenvalue weighted by molar-refractivity contribution is -0.140. The van der Waals surface area contributed by atoms with Gasteiger partial charge in [-0.25, -0.2) is 0 Å². The zero-order chi connectivity index (χ0) is 12.4. The number of rotatable bonds is 1. The average molecular weight is 238 g/mol. The van der Waals surface area contributed by atoms with Crippen LogP contribution in [0.3, 0.4) is 0 Å². The summed E-state index contributed by atoms with van der Waals surface area (Å²) in [6.07, 6.45) is 4.81. The maximum absolute atomic E-state index is 12.6. The fraction of sp³-hybridized carbons (Fsp3) is 0.929. The van der Waals surface area contributed by atoms with Gasteiger partial charge in [-0.3, -0.25) is 4.79 Å². The first-order chi connectivity index (χ1) is 8.11. The molecule has 1 N–H and O–H groups in total. The second-order valence-corrected chi connectivity index (χ2v) is 5.94. The highest BCUT2D eigenvalue weighted by Gasteiger charge is 2.35. The minimum atomic E-state index is 0.0662. The van der Waals surface area contributed by atoms with Crippen LogP contribution in [0.15, 0.2) is 0 Å². The first-order valence-corrected chi connectivity index (χ1v) is 7.15. The van der Waals surface area contributed by atoms with Crippen LogP contribution in [0.1, 0.15) is 46.5 Å². The molecule has 2 fully saturated rings. The van der Waals surface area contributed by atoms with Crippen LogP contribution in [0, 0.1) is 11.8 Å². The van der Waals surface area contributed by atoms with Crippen molar-refractivity contribution in [1.82, 2.24) is 10.2 Å². The molecule has 0 spiro atoms. The largest absolute Gasteiger partial charge is 0.338 e. The molecule has 0 radical (unpaired) electrons. The highest BCUT2D eigenvalue weighted by Crippen LogP contribution is 2.26. The molecule has 3 heteroatoms. The average Bonchev–Trinajstić information content (AvgIpc) is 2.32. The Morgan fingerprint density at radius 1 is 1.12 bits per heavy atom. The standard InChI is InChI=1S/C14H26N2O/c1-10-7-5-9-16(12(10)3)14(17)13-11(2)6-4-8-15-13/h10-13,15H,4-9H2,1-3H3. The predicted octanol–water partition coefficient (Wildman–Crippen LogP) is 2.02. The summed E-state index contributed by atoms with van der Waals surface area (Å²) < 4.78 is 0. The van der Waals surface area contributed by atoms with Crippen molar-refractivity contribution in [3.05, 3.63) is 0 Å². The normalized spacial score (nSPS) is 39.1. The fourth-order valence-corrected chi connectivity index (χ4v) is 3.21. The Hall–Kier alpha value is -0.570. The Balaban J connectivity index is 2.02. The highest BCUT2D eigenvalue weighted by molar-refractivity contribution is 5.82. The third kappa shape index (κ3) is 2.65. The Kier molecular flexibility index (Phi) is 4.08. The van der Waals surface area contributed by atoms with E-state index in [0.29, 0.717) is 23.8 Å². The summed E-state index contributed by atoms with van der Waals surface area (Å²) in [6, 6.07) is 0.476. The van der Waals surface area contributed by atoms with E-state index in [2.05, 4.69) is 31.0 Å². The van der Waals surface area contributed by atoms with E-state index in [-0.39, 0.29) is 6.04 Å². The molecule has 2 aliphatic heterocycles. The number of amides is 1. The van der Waals surface area contributed by atoms with E-state index in [1.807, 2.05) is 0 Å². The molecular weight excluding hydrogens is 212 g/mol. The van der Waals surface area contributed by atoms with Crippen molar-refractivity contribution >= 4 is 5.91 Å². The third-order valence-electron chi connectivity index (χ3n) is 4.69. The predicted molar refractivity (Wildman–Crippen MR) is 69.8 cm³/mol. The van der Waals surface area contributed by atoms with Crippen LogP contribution in [0.5, 0.6) is 0 Å². The van der Waals surface area contributed by atoms with Gasteiger partial charge in [0, 0.05) is 12.6 Å². The van der Waals surface area contributed by atoms with E-state index in [0.717, 1.165) is 13.1 Å². The highest BCUT2D eigenvalue weighted by atomic mass is 16.2. The van der Waals surface area contributed by atoms with Gasteiger partial charge in [-0.1, -0.05) is 13.8 Å². The molecule has 2 aliphatic rings. The minimum Gasteiger partial charge on any atom is -0.338 e. The van der Waals surface area contributed by atoms with Gasteiger partial charge in [-0.05, 0) is 51.0 Å². The lowest BCUT2D eigenvalue weighted by atomic mass is 9.88. The Morgan fingerprint density at radius 2 is 1.82 bits per heavy atom. The van der Waals surface area contributed by atoms with Crippen LogP contribution in [-0.4, -0.2) is 36.0 Å². The molecule has 98 valence electrons. The van der Waals surface area contributed by atoms with E-state index in [4.69, 9.17) is 0 Å². The minimum absolute atomic E-state index is 0.0662. The molecular formula is C14H26N2O. The lowest BCUT2D eigenvalue weighted by Gasteiger charge is -2.41. The Morgan fingerprint density at radius 3 is 2.53 bits per heavy atom. The second kappa shape index (κ2) is 5.38. The molecule has 0 aliphatic carbocycles. The second-order valence-electron chi connectivity index (χ2n) is 5.94. The van der Waals surface area contributed by atoms with Gasteiger partial charge in [0.1, 0.15) is 0 Å². The molecule has 4 unspecified atom stereocenters. The van der Waals surface area contributed by atoms with Crippen LogP contribution < -0.4 is 5.32 Å². The van der Waals surface area contributed by atoms with Crippen molar-refractivity contribution in [1.29, 1.82) is 0 Å². The van der Waals surface area contributed by atoms with Crippen LogP contribution in [0.2, 0.25) is 0 Å². The maximum atomic E-state index is 12.6. The molecule has 4 atom stereocenters. The number of hydrogen-bond donors (Lipinski definition) is 1. The number of carbonyl (C=O) groups is 1. The molecule has 1 amide bonds. The smallest absolute Gasteiger partial charge is 0.240 e. The van der Waals surface area contributed by atoms with E-state index < -0.39 is 0 Å². The lowest BCUT2D eigenvalue weighted by Crippen LogP contribution is -2.56. The number of carbonyl (C=O) groups excluding carboxylic acids is 1. The van der Waals surface area contributed by atoms with E-state index in [1.165, 1.54) is 25.7 Å². The summed E-state index contributed by atoms with van der Waals surface area (Å²) >= 11 is 0. The van der Waals surface area contributed by atoms with Gasteiger partial charge >= 0.3 is 0 Å². The molecule has 0 aromatic carbocycles. The summed E-state index contributed by atoms with van der Waals surface area (Å²) in [4.78, 5) is 14.7. The third-order valence-corrected chi connectivity index (χ3v) is 4.69. The van der Waals surface area contributed by atoms with Crippen molar-refractivity contribution in [3.63, 3.8) is 0 Å². The first kappa shape index (κ1) is 12.9. The van der Waals surface area contributed by atoms with Gasteiger partial charge in [0.2, 0.25) is 5.91 Å². The SMILES string of the molecule is CC1CCCNC1C(=O)N1CCCC(C)C1C. The molecule has 2 saturated heterocycles. The summed E-state index contributed by atoms with van der Waals surface area (Å²) in [5, 5.41) is 3.41. The van der Waals surface area contributed by atoms with Crippen LogP contribution in [0.25, 0.3) is 0 Å². The summed E-state index contributed by atoms with van der Waals surface area (Å²) in [5.41, 5.74) is 0. The van der Waals surface area contributed by atoms with Crippen molar-refractivity contribution < 1.29 is 4.79 Å². The zero-order valence-electron chi connectivity index (χ0n) is 11.4.